The van der Waals surface area contributed by atoms with E-state index in [-0.39, 0.29) is 31.7 Å². The van der Waals surface area contributed by atoms with Gasteiger partial charge in [0, 0.05) is 18.8 Å². The van der Waals surface area contributed by atoms with E-state index in [0.29, 0.717) is 5.75 Å². The Labute approximate surface area is 122 Å². The minimum atomic E-state index is -1.02. The summed E-state index contributed by atoms with van der Waals surface area (Å²) in [5.74, 6) is -0.643. The highest BCUT2D eigenvalue weighted by Gasteiger charge is 2.42. The standard InChI is InChI=1S/C12H22N2O5S/c1-2-3-10-14(9(8-20-10)11(17)18)12(19)13(4-6-15)5-7-16/h9-10,15-16H,2-8H2,1H3,(H,17,18). The molecular formula is C12H22N2O5S. The van der Waals surface area contributed by atoms with Gasteiger partial charge in [-0.2, -0.15) is 0 Å². The van der Waals surface area contributed by atoms with Crippen LogP contribution in [0.2, 0.25) is 0 Å². The molecule has 0 spiro atoms. The van der Waals surface area contributed by atoms with Gasteiger partial charge in [-0.3, -0.25) is 4.90 Å². The van der Waals surface area contributed by atoms with Gasteiger partial charge < -0.3 is 20.2 Å². The number of rotatable bonds is 7. The summed E-state index contributed by atoms with van der Waals surface area (Å²) in [5, 5.41) is 27.0. The molecule has 0 aromatic heterocycles. The molecule has 1 aliphatic rings. The Morgan fingerprint density at radius 2 is 1.90 bits per heavy atom. The number of urea groups is 1. The maximum Gasteiger partial charge on any atom is 0.327 e. The third kappa shape index (κ3) is 4.00. The maximum absolute atomic E-state index is 12.5. The van der Waals surface area contributed by atoms with E-state index >= 15 is 0 Å². The summed E-state index contributed by atoms with van der Waals surface area (Å²) in [6.45, 7) is 1.72. The summed E-state index contributed by atoms with van der Waals surface area (Å²) in [6, 6.07) is -1.27. The van der Waals surface area contributed by atoms with E-state index < -0.39 is 18.0 Å². The molecule has 7 nitrogen and oxygen atoms in total. The number of hydrogen-bond donors (Lipinski definition) is 3. The van der Waals surface area contributed by atoms with Gasteiger partial charge in [0.2, 0.25) is 0 Å². The molecule has 1 fully saturated rings. The van der Waals surface area contributed by atoms with Crippen molar-refractivity contribution < 1.29 is 24.9 Å². The molecule has 8 heteroatoms. The summed E-state index contributed by atoms with van der Waals surface area (Å²) in [7, 11) is 0. The number of carbonyl (C=O) groups excluding carboxylic acids is 1. The average Bonchev–Trinajstić information content (AvgIpc) is 2.82. The lowest BCUT2D eigenvalue weighted by molar-refractivity contribution is -0.141. The molecule has 0 bridgehead atoms. The number of hydrogen-bond acceptors (Lipinski definition) is 5. The van der Waals surface area contributed by atoms with Gasteiger partial charge in [-0.15, -0.1) is 11.8 Å². The second kappa shape index (κ2) is 8.33. The fourth-order valence-electron chi connectivity index (χ4n) is 2.19. The van der Waals surface area contributed by atoms with Crippen molar-refractivity contribution >= 4 is 23.8 Å². The van der Waals surface area contributed by atoms with Crippen LogP contribution in [0.25, 0.3) is 0 Å². The van der Waals surface area contributed by atoms with Gasteiger partial charge in [0.25, 0.3) is 0 Å². The number of carbonyl (C=O) groups is 2. The van der Waals surface area contributed by atoms with Crippen molar-refractivity contribution in [3.63, 3.8) is 0 Å². The van der Waals surface area contributed by atoms with Gasteiger partial charge in [0.1, 0.15) is 6.04 Å². The number of aliphatic hydroxyl groups is 2. The summed E-state index contributed by atoms with van der Waals surface area (Å²) in [4.78, 5) is 26.4. The van der Waals surface area contributed by atoms with E-state index in [1.54, 1.807) is 0 Å². The summed E-state index contributed by atoms with van der Waals surface area (Å²) in [5.41, 5.74) is 0. The first-order chi connectivity index (χ1) is 9.56. The van der Waals surface area contributed by atoms with E-state index in [1.807, 2.05) is 6.92 Å². The monoisotopic (exact) mass is 306 g/mol. The number of carboxylic acid groups (broad SMARTS) is 1. The number of carboxylic acids is 1. The molecule has 1 aliphatic heterocycles. The molecular weight excluding hydrogens is 284 g/mol. The van der Waals surface area contributed by atoms with Crippen LogP contribution in [0, 0.1) is 0 Å². The minimum Gasteiger partial charge on any atom is -0.480 e. The van der Waals surface area contributed by atoms with Gasteiger partial charge in [0.15, 0.2) is 0 Å². The molecule has 0 aromatic carbocycles. The molecule has 2 unspecified atom stereocenters. The maximum atomic E-state index is 12.5. The zero-order valence-electron chi connectivity index (χ0n) is 11.6. The molecule has 0 aromatic rings. The molecule has 2 atom stereocenters. The van der Waals surface area contributed by atoms with E-state index in [9.17, 15) is 14.7 Å². The summed E-state index contributed by atoms with van der Waals surface area (Å²) >= 11 is 1.47. The van der Waals surface area contributed by atoms with Gasteiger partial charge in [-0.25, -0.2) is 9.59 Å². The highest BCUT2D eigenvalue weighted by molar-refractivity contribution is 8.00. The Morgan fingerprint density at radius 1 is 1.30 bits per heavy atom. The first-order valence-electron chi connectivity index (χ1n) is 6.70. The van der Waals surface area contributed by atoms with Crippen molar-refractivity contribution in [3.8, 4) is 0 Å². The van der Waals surface area contributed by atoms with Crippen LogP contribution in [0.4, 0.5) is 4.79 Å². The molecule has 20 heavy (non-hydrogen) atoms. The van der Waals surface area contributed by atoms with Gasteiger partial charge in [0.05, 0.1) is 18.6 Å². The SMILES string of the molecule is CCCC1SCC(C(=O)O)N1C(=O)N(CCO)CCO. The molecule has 1 rings (SSSR count). The number of thioether (sulfide) groups is 1. The predicted molar refractivity (Wildman–Crippen MR) is 75.6 cm³/mol. The third-order valence-corrected chi connectivity index (χ3v) is 4.50. The number of nitrogens with zero attached hydrogens (tertiary/aromatic N) is 2. The quantitative estimate of drug-likeness (QED) is 0.613. The van der Waals surface area contributed by atoms with Crippen LogP contribution in [-0.4, -0.2) is 80.6 Å². The van der Waals surface area contributed by atoms with Crippen LogP contribution < -0.4 is 0 Å². The van der Waals surface area contributed by atoms with Crippen molar-refractivity contribution in [2.75, 3.05) is 32.1 Å². The average molecular weight is 306 g/mol. The molecule has 1 heterocycles. The Bertz CT molecular complexity index is 336. The van der Waals surface area contributed by atoms with Crippen molar-refractivity contribution in [1.29, 1.82) is 0 Å². The summed E-state index contributed by atoms with van der Waals surface area (Å²) < 4.78 is 0. The minimum absolute atomic E-state index is 0.0890. The largest absolute Gasteiger partial charge is 0.480 e. The van der Waals surface area contributed by atoms with Crippen molar-refractivity contribution in [3.05, 3.63) is 0 Å². The highest BCUT2D eigenvalue weighted by atomic mass is 32.2. The number of amides is 2. The predicted octanol–water partition coefficient (Wildman–Crippen LogP) is 0.0212. The first kappa shape index (κ1) is 17.1. The van der Waals surface area contributed by atoms with Crippen LogP contribution in [0.15, 0.2) is 0 Å². The van der Waals surface area contributed by atoms with Crippen LogP contribution in [0.3, 0.4) is 0 Å². The Morgan fingerprint density at radius 3 is 2.35 bits per heavy atom. The van der Waals surface area contributed by atoms with Crippen molar-refractivity contribution in [2.24, 2.45) is 0 Å². The molecule has 2 amide bonds. The van der Waals surface area contributed by atoms with Crippen LogP contribution in [0.5, 0.6) is 0 Å². The van der Waals surface area contributed by atoms with Crippen LogP contribution >= 0.6 is 11.8 Å². The van der Waals surface area contributed by atoms with Gasteiger partial charge in [-0.1, -0.05) is 13.3 Å². The van der Waals surface area contributed by atoms with E-state index in [4.69, 9.17) is 10.2 Å². The molecule has 0 saturated carbocycles. The lowest BCUT2D eigenvalue weighted by Gasteiger charge is -2.33. The highest BCUT2D eigenvalue weighted by Crippen LogP contribution is 2.33. The lowest BCUT2D eigenvalue weighted by Crippen LogP contribution is -2.52. The zero-order chi connectivity index (χ0) is 15.1. The molecule has 1 saturated heterocycles. The lowest BCUT2D eigenvalue weighted by atomic mass is 10.2. The molecule has 3 N–H and O–H groups in total. The summed E-state index contributed by atoms with van der Waals surface area (Å²) in [6.07, 6.45) is 1.58. The second-order valence-corrected chi connectivity index (χ2v) is 5.77. The Hall–Kier alpha value is -0.990. The van der Waals surface area contributed by atoms with E-state index in [2.05, 4.69) is 0 Å². The Kier molecular flexibility index (Phi) is 7.11. The number of aliphatic hydroxyl groups excluding tert-OH is 2. The third-order valence-electron chi connectivity index (χ3n) is 3.14. The topological polar surface area (TPSA) is 101 Å². The smallest absolute Gasteiger partial charge is 0.327 e. The first-order valence-corrected chi connectivity index (χ1v) is 7.75. The fourth-order valence-corrected chi connectivity index (χ4v) is 3.70. The second-order valence-electron chi connectivity index (χ2n) is 4.55. The number of aliphatic carboxylic acids is 1. The van der Waals surface area contributed by atoms with Gasteiger partial charge >= 0.3 is 12.0 Å². The fraction of sp³-hybridized carbons (Fsp3) is 0.833. The van der Waals surface area contributed by atoms with Gasteiger partial charge in [-0.05, 0) is 6.42 Å². The zero-order valence-corrected chi connectivity index (χ0v) is 12.4. The van der Waals surface area contributed by atoms with E-state index in [1.165, 1.54) is 21.6 Å². The normalized spacial score (nSPS) is 22.1. The Balaban J connectivity index is 2.88. The van der Waals surface area contributed by atoms with Crippen LogP contribution in [-0.2, 0) is 4.79 Å². The van der Waals surface area contributed by atoms with E-state index in [0.717, 1.165) is 12.8 Å². The van der Waals surface area contributed by atoms with Crippen molar-refractivity contribution in [2.45, 2.75) is 31.2 Å². The van der Waals surface area contributed by atoms with Crippen molar-refractivity contribution in [1.82, 2.24) is 9.80 Å². The molecule has 0 radical (unpaired) electrons. The van der Waals surface area contributed by atoms with Crippen LogP contribution in [0.1, 0.15) is 19.8 Å². The molecule has 0 aliphatic carbocycles. The molecule has 116 valence electrons.